The number of carbonyl (C=O) groups excluding carboxylic acids is 1. The van der Waals surface area contributed by atoms with Crippen LogP contribution in [-0.4, -0.2) is 64.3 Å². The van der Waals surface area contributed by atoms with Crippen LogP contribution in [0.5, 0.6) is 0 Å². The van der Waals surface area contributed by atoms with E-state index in [1.807, 2.05) is 4.90 Å². The van der Waals surface area contributed by atoms with Crippen LogP contribution in [-0.2, 0) is 10.2 Å². The van der Waals surface area contributed by atoms with Gasteiger partial charge in [0, 0.05) is 32.2 Å². The minimum Gasteiger partial charge on any atom is -0.339 e. The van der Waals surface area contributed by atoms with E-state index in [0.29, 0.717) is 38.2 Å². The van der Waals surface area contributed by atoms with Gasteiger partial charge in [0.25, 0.3) is 0 Å². The Labute approximate surface area is 191 Å². The van der Waals surface area contributed by atoms with E-state index in [2.05, 4.69) is 28.9 Å². The fourth-order valence-electron chi connectivity index (χ4n) is 6.86. The maximum absolute atomic E-state index is 14.4. The van der Waals surface area contributed by atoms with Crippen LogP contribution < -0.4 is 0 Å². The van der Waals surface area contributed by atoms with Crippen molar-refractivity contribution in [2.45, 2.75) is 56.7 Å². The number of fused-ring (bicyclic) bond motifs is 5. The Bertz CT molecular complexity index is 1130. The molecule has 2 bridgehead atoms. The number of nitrogens with zero attached hydrogens (tertiary/aromatic N) is 4. The molecule has 0 spiro atoms. The highest BCUT2D eigenvalue weighted by atomic mass is 19.1. The van der Waals surface area contributed by atoms with Crippen molar-refractivity contribution in [3.63, 3.8) is 0 Å². The van der Waals surface area contributed by atoms with Crippen molar-refractivity contribution in [2.75, 3.05) is 26.2 Å². The zero-order chi connectivity index (χ0) is 23.1. The summed E-state index contributed by atoms with van der Waals surface area (Å²) in [6.07, 6.45) is 1.31. The zero-order valence-electron chi connectivity index (χ0n) is 18.8. The van der Waals surface area contributed by atoms with Gasteiger partial charge in [-0.05, 0) is 54.4 Å². The lowest BCUT2D eigenvalue weighted by Gasteiger charge is -2.49. The first-order valence-corrected chi connectivity index (χ1v) is 11.7. The lowest BCUT2D eigenvalue weighted by molar-refractivity contribution is -0.148. The first-order chi connectivity index (χ1) is 15.7. The number of amides is 1. The van der Waals surface area contributed by atoms with Gasteiger partial charge >= 0.3 is 0 Å². The summed E-state index contributed by atoms with van der Waals surface area (Å²) < 4.78 is 42.4. The van der Waals surface area contributed by atoms with Crippen molar-refractivity contribution >= 4 is 5.91 Å². The number of alkyl halides is 1. The molecule has 2 aliphatic heterocycles. The largest absolute Gasteiger partial charge is 0.339 e. The van der Waals surface area contributed by atoms with Crippen molar-refractivity contribution in [3.8, 4) is 11.3 Å². The number of aromatic nitrogens is 2. The number of halogens is 3. The van der Waals surface area contributed by atoms with Crippen LogP contribution in [0.4, 0.5) is 13.2 Å². The van der Waals surface area contributed by atoms with Crippen molar-refractivity contribution in [1.82, 2.24) is 20.0 Å². The summed E-state index contributed by atoms with van der Waals surface area (Å²) in [5.74, 6) is -1.23. The number of likely N-dealkylation sites (tertiary alicyclic amines) is 2. The zero-order valence-corrected chi connectivity index (χ0v) is 18.8. The molecule has 3 heterocycles. The minimum atomic E-state index is -0.787. The second kappa shape index (κ2) is 7.01. The van der Waals surface area contributed by atoms with Crippen LogP contribution in [0.25, 0.3) is 11.3 Å². The normalized spacial score (nSPS) is 30.5. The molecule has 1 amide bonds. The van der Waals surface area contributed by atoms with Crippen LogP contribution >= 0.6 is 0 Å². The molecule has 3 atom stereocenters. The highest BCUT2D eigenvalue weighted by Crippen LogP contribution is 2.68. The molecule has 0 N–H and O–H groups in total. The molecule has 33 heavy (non-hydrogen) atoms. The Morgan fingerprint density at radius 2 is 1.82 bits per heavy atom. The molecule has 174 valence electrons. The quantitative estimate of drug-likeness (QED) is 0.705. The standard InChI is InChI=1S/C25H27F3N4O/c1-24(2)17-6-8-25(24,23(33)32-12-15(13-32)31-9-7-14(26)11-31)22-16(17)10-20(29-30-22)21-18(27)4-3-5-19(21)28/h3-5,10,14-15,17H,6-9,11-13H2,1-2H3/t14-,17+,25-/m0/s1. The van der Waals surface area contributed by atoms with Gasteiger partial charge in [0.15, 0.2) is 0 Å². The van der Waals surface area contributed by atoms with E-state index in [9.17, 15) is 18.0 Å². The third-order valence-electron chi connectivity index (χ3n) is 8.79. The molecule has 4 aliphatic rings. The Morgan fingerprint density at radius 3 is 2.48 bits per heavy atom. The summed E-state index contributed by atoms with van der Waals surface area (Å²) >= 11 is 0. The Kier molecular flexibility index (Phi) is 4.48. The van der Waals surface area contributed by atoms with Gasteiger partial charge in [-0.1, -0.05) is 19.9 Å². The van der Waals surface area contributed by atoms with Crippen LogP contribution in [0.15, 0.2) is 24.3 Å². The molecule has 6 rings (SSSR count). The number of hydrogen-bond donors (Lipinski definition) is 0. The van der Waals surface area contributed by atoms with E-state index < -0.39 is 23.2 Å². The molecule has 3 fully saturated rings. The second-order valence-corrected chi connectivity index (χ2v) is 10.6. The van der Waals surface area contributed by atoms with Gasteiger partial charge in [0.1, 0.15) is 17.8 Å². The predicted molar refractivity (Wildman–Crippen MR) is 116 cm³/mol. The van der Waals surface area contributed by atoms with Crippen molar-refractivity contribution in [1.29, 1.82) is 0 Å². The molecular weight excluding hydrogens is 429 g/mol. The molecule has 8 heteroatoms. The third kappa shape index (κ3) is 2.73. The van der Waals surface area contributed by atoms with Crippen LogP contribution in [0, 0.1) is 17.0 Å². The van der Waals surface area contributed by atoms with Crippen LogP contribution in [0.2, 0.25) is 0 Å². The average Bonchev–Trinajstić information content (AvgIpc) is 3.33. The Morgan fingerprint density at radius 1 is 1.09 bits per heavy atom. The highest BCUT2D eigenvalue weighted by molar-refractivity contribution is 5.92. The molecule has 2 aromatic rings. The number of hydrogen-bond acceptors (Lipinski definition) is 4. The molecule has 1 aromatic heterocycles. The fraction of sp³-hybridized carbons (Fsp3) is 0.560. The third-order valence-corrected chi connectivity index (χ3v) is 8.79. The van der Waals surface area contributed by atoms with E-state index >= 15 is 0 Å². The number of rotatable bonds is 3. The Balaban J connectivity index is 1.33. The van der Waals surface area contributed by atoms with E-state index in [4.69, 9.17) is 0 Å². The average molecular weight is 457 g/mol. The first-order valence-electron chi connectivity index (χ1n) is 11.7. The second-order valence-electron chi connectivity index (χ2n) is 10.6. The molecule has 2 aliphatic carbocycles. The minimum absolute atomic E-state index is 0.0557. The van der Waals surface area contributed by atoms with Crippen molar-refractivity contribution in [2.24, 2.45) is 5.41 Å². The molecule has 2 saturated heterocycles. The summed E-state index contributed by atoms with van der Waals surface area (Å²) in [5.41, 5.74) is 0.346. The molecule has 0 radical (unpaired) electrons. The summed E-state index contributed by atoms with van der Waals surface area (Å²) in [6, 6.07) is 5.68. The molecular formula is C25H27F3N4O. The van der Waals surface area contributed by atoms with Gasteiger partial charge in [0.05, 0.1) is 22.4 Å². The van der Waals surface area contributed by atoms with E-state index in [-0.39, 0.29) is 34.5 Å². The monoisotopic (exact) mass is 456 g/mol. The van der Waals surface area contributed by atoms with Crippen molar-refractivity contribution < 1.29 is 18.0 Å². The molecule has 1 aromatic carbocycles. The summed E-state index contributed by atoms with van der Waals surface area (Å²) in [5, 5.41) is 8.64. The Hall–Kier alpha value is -2.48. The molecule has 0 unspecified atom stereocenters. The lowest BCUT2D eigenvalue weighted by atomic mass is 9.67. The molecule has 5 nitrogen and oxygen atoms in total. The van der Waals surface area contributed by atoms with Crippen LogP contribution in [0.3, 0.4) is 0 Å². The summed E-state index contributed by atoms with van der Waals surface area (Å²) in [4.78, 5) is 17.9. The van der Waals surface area contributed by atoms with E-state index in [1.54, 1.807) is 6.07 Å². The topological polar surface area (TPSA) is 49.3 Å². The summed E-state index contributed by atoms with van der Waals surface area (Å²) in [7, 11) is 0. The fourth-order valence-corrected chi connectivity index (χ4v) is 6.86. The number of benzene rings is 1. The maximum atomic E-state index is 14.4. The highest BCUT2D eigenvalue weighted by Gasteiger charge is 2.68. The molecule has 1 saturated carbocycles. The van der Waals surface area contributed by atoms with E-state index in [0.717, 1.165) is 18.5 Å². The lowest BCUT2D eigenvalue weighted by Crippen LogP contribution is -2.65. The van der Waals surface area contributed by atoms with Crippen molar-refractivity contribution in [3.05, 3.63) is 47.2 Å². The van der Waals surface area contributed by atoms with Gasteiger partial charge in [-0.15, -0.1) is 5.10 Å². The van der Waals surface area contributed by atoms with Crippen LogP contribution in [0.1, 0.15) is 50.3 Å². The van der Waals surface area contributed by atoms with Gasteiger partial charge in [-0.2, -0.15) is 5.10 Å². The van der Waals surface area contributed by atoms with Gasteiger partial charge in [-0.25, -0.2) is 13.2 Å². The smallest absolute Gasteiger partial charge is 0.235 e. The summed E-state index contributed by atoms with van der Waals surface area (Å²) in [6.45, 7) is 6.61. The SMILES string of the molecule is CC1(C)[C@@H]2CC[C@@]1(C(=O)N1CC(N3CC[C@H](F)C3)C1)c1nnc(-c3c(F)cccc3F)cc12. The predicted octanol–water partition coefficient (Wildman–Crippen LogP) is 3.83. The maximum Gasteiger partial charge on any atom is 0.235 e. The first kappa shape index (κ1) is 21.1. The van der Waals surface area contributed by atoms with E-state index in [1.165, 1.54) is 18.2 Å². The van der Waals surface area contributed by atoms with Gasteiger partial charge in [-0.3, -0.25) is 9.69 Å². The number of carbonyl (C=O) groups is 1. The van der Waals surface area contributed by atoms with Gasteiger partial charge in [0.2, 0.25) is 5.91 Å². The van der Waals surface area contributed by atoms with Gasteiger partial charge < -0.3 is 4.90 Å².